The number of benzene rings is 1. The first-order valence-electron chi connectivity index (χ1n) is 6.69. The van der Waals surface area contributed by atoms with Crippen LogP contribution in [0.15, 0.2) is 24.4 Å². The van der Waals surface area contributed by atoms with E-state index in [2.05, 4.69) is 18.8 Å². The number of fused-ring (bicyclic) bond motifs is 1. The molecule has 0 saturated heterocycles. The van der Waals surface area contributed by atoms with Crippen LogP contribution in [0.25, 0.3) is 10.9 Å². The molecule has 1 atom stereocenters. The number of hydrogen-bond acceptors (Lipinski definition) is 3. The van der Waals surface area contributed by atoms with Gasteiger partial charge >= 0.3 is 0 Å². The topological polar surface area (TPSA) is 42.1 Å². The van der Waals surface area contributed by atoms with E-state index in [1.165, 1.54) is 6.07 Å². The van der Waals surface area contributed by atoms with E-state index in [9.17, 15) is 4.39 Å². The molecule has 0 aliphatic heterocycles. The minimum atomic E-state index is -0.300. The van der Waals surface area contributed by atoms with Gasteiger partial charge in [-0.1, -0.05) is 6.92 Å². The molecular formula is C15H20FN3. The molecule has 2 rings (SSSR count). The second-order valence-corrected chi connectivity index (χ2v) is 4.74. The van der Waals surface area contributed by atoms with Gasteiger partial charge in [0, 0.05) is 29.9 Å². The van der Waals surface area contributed by atoms with Crippen molar-refractivity contribution in [2.75, 3.05) is 17.2 Å². The van der Waals surface area contributed by atoms with Crippen LogP contribution < -0.4 is 10.6 Å². The molecule has 1 heterocycles. The molecule has 4 heteroatoms. The first-order chi connectivity index (χ1) is 9.10. The normalized spacial score (nSPS) is 12.6. The van der Waals surface area contributed by atoms with Crippen molar-refractivity contribution in [3.8, 4) is 0 Å². The highest BCUT2D eigenvalue weighted by molar-refractivity contribution is 5.99. The molecule has 0 radical (unpaired) electrons. The number of nitrogens with zero attached hydrogens (tertiary/aromatic N) is 2. The van der Waals surface area contributed by atoms with Crippen LogP contribution in [0.5, 0.6) is 0 Å². The number of anilines is 2. The van der Waals surface area contributed by atoms with E-state index in [0.717, 1.165) is 18.4 Å². The molecule has 0 aliphatic carbocycles. The van der Waals surface area contributed by atoms with E-state index < -0.39 is 0 Å². The molecular weight excluding hydrogens is 241 g/mol. The predicted octanol–water partition coefficient (Wildman–Crippen LogP) is 3.58. The Balaban J connectivity index is 2.71. The van der Waals surface area contributed by atoms with E-state index in [1.807, 2.05) is 24.0 Å². The lowest BCUT2D eigenvalue weighted by molar-refractivity contribution is 0.586. The molecule has 1 aromatic heterocycles. The van der Waals surface area contributed by atoms with Crippen molar-refractivity contribution < 1.29 is 4.39 Å². The lowest BCUT2D eigenvalue weighted by Gasteiger charge is -2.30. The molecule has 1 aromatic carbocycles. The number of aromatic nitrogens is 1. The van der Waals surface area contributed by atoms with E-state index in [4.69, 9.17) is 5.73 Å². The summed E-state index contributed by atoms with van der Waals surface area (Å²) in [5, 5.41) is 0.806. The fourth-order valence-electron chi connectivity index (χ4n) is 2.41. The Hall–Kier alpha value is -1.84. The first-order valence-corrected chi connectivity index (χ1v) is 6.69. The molecule has 0 saturated carbocycles. The number of pyridine rings is 1. The van der Waals surface area contributed by atoms with Crippen molar-refractivity contribution in [3.05, 3.63) is 30.2 Å². The van der Waals surface area contributed by atoms with Crippen LogP contribution in [-0.4, -0.2) is 17.6 Å². The van der Waals surface area contributed by atoms with Gasteiger partial charge in [0.25, 0.3) is 0 Å². The summed E-state index contributed by atoms with van der Waals surface area (Å²) in [7, 11) is 0. The third-order valence-corrected chi connectivity index (χ3v) is 3.60. The lowest BCUT2D eigenvalue weighted by Crippen LogP contribution is -2.33. The van der Waals surface area contributed by atoms with Crippen molar-refractivity contribution in [2.45, 2.75) is 33.2 Å². The van der Waals surface area contributed by atoms with Gasteiger partial charge < -0.3 is 10.6 Å². The average molecular weight is 261 g/mol. The van der Waals surface area contributed by atoms with Crippen LogP contribution in [0, 0.1) is 5.82 Å². The minimum Gasteiger partial charge on any atom is -0.398 e. The number of halogens is 1. The number of hydrogen-bond donors (Lipinski definition) is 1. The van der Waals surface area contributed by atoms with Gasteiger partial charge in [-0.2, -0.15) is 0 Å². The Morgan fingerprint density at radius 2 is 2.16 bits per heavy atom. The number of rotatable bonds is 4. The van der Waals surface area contributed by atoms with Crippen molar-refractivity contribution >= 4 is 22.3 Å². The summed E-state index contributed by atoms with van der Waals surface area (Å²) in [6.45, 7) is 6.95. The third kappa shape index (κ3) is 2.35. The van der Waals surface area contributed by atoms with Crippen molar-refractivity contribution in [1.82, 2.24) is 4.98 Å². The van der Waals surface area contributed by atoms with Crippen LogP contribution in [0.1, 0.15) is 27.2 Å². The van der Waals surface area contributed by atoms with Crippen molar-refractivity contribution in [1.29, 1.82) is 0 Å². The quantitative estimate of drug-likeness (QED) is 0.855. The summed E-state index contributed by atoms with van der Waals surface area (Å²) in [5.41, 5.74) is 7.51. The summed E-state index contributed by atoms with van der Waals surface area (Å²) in [5.74, 6) is -0.300. The fraction of sp³-hybridized carbons (Fsp3) is 0.400. The monoisotopic (exact) mass is 261 g/mol. The summed E-state index contributed by atoms with van der Waals surface area (Å²) < 4.78 is 14.4. The van der Waals surface area contributed by atoms with Crippen LogP contribution in [-0.2, 0) is 0 Å². The van der Waals surface area contributed by atoms with Gasteiger partial charge in [0.1, 0.15) is 5.69 Å². The fourth-order valence-corrected chi connectivity index (χ4v) is 2.41. The van der Waals surface area contributed by atoms with E-state index >= 15 is 0 Å². The largest absolute Gasteiger partial charge is 0.398 e. The molecule has 2 N–H and O–H groups in total. The van der Waals surface area contributed by atoms with Gasteiger partial charge in [-0.05, 0) is 38.5 Å². The summed E-state index contributed by atoms with van der Waals surface area (Å²) in [6, 6.07) is 5.35. The second-order valence-electron chi connectivity index (χ2n) is 4.74. The van der Waals surface area contributed by atoms with Crippen LogP contribution in [0.3, 0.4) is 0 Å². The van der Waals surface area contributed by atoms with Crippen molar-refractivity contribution in [3.63, 3.8) is 0 Å². The molecule has 0 fully saturated rings. The van der Waals surface area contributed by atoms with Gasteiger partial charge in [-0.3, -0.25) is 4.98 Å². The molecule has 19 heavy (non-hydrogen) atoms. The number of nitrogen functional groups attached to an aromatic ring is 1. The molecule has 1 unspecified atom stereocenters. The van der Waals surface area contributed by atoms with Gasteiger partial charge in [0.2, 0.25) is 0 Å². The molecule has 0 aliphatic rings. The Morgan fingerprint density at radius 1 is 1.42 bits per heavy atom. The average Bonchev–Trinajstić information content (AvgIpc) is 2.42. The van der Waals surface area contributed by atoms with Crippen LogP contribution in [0.4, 0.5) is 15.8 Å². The Labute approximate surface area is 113 Å². The summed E-state index contributed by atoms with van der Waals surface area (Å²) in [4.78, 5) is 6.37. The zero-order valence-electron chi connectivity index (χ0n) is 11.7. The van der Waals surface area contributed by atoms with Crippen LogP contribution >= 0.6 is 0 Å². The highest BCUT2D eigenvalue weighted by Gasteiger charge is 2.20. The van der Waals surface area contributed by atoms with E-state index in [1.54, 1.807) is 6.20 Å². The van der Waals surface area contributed by atoms with E-state index in [0.29, 0.717) is 16.9 Å². The number of nitrogens with two attached hydrogens (primary N) is 1. The predicted molar refractivity (Wildman–Crippen MR) is 78.9 cm³/mol. The zero-order chi connectivity index (χ0) is 14.0. The van der Waals surface area contributed by atoms with Gasteiger partial charge in [0.15, 0.2) is 5.82 Å². The smallest absolute Gasteiger partial charge is 0.150 e. The molecule has 0 bridgehead atoms. The maximum Gasteiger partial charge on any atom is 0.150 e. The summed E-state index contributed by atoms with van der Waals surface area (Å²) in [6.07, 6.45) is 2.63. The van der Waals surface area contributed by atoms with E-state index in [-0.39, 0.29) is 11.9 Å². The lowest BCUT2D eigenvalue weighted by atomic mass is 10.1. The minimum absolute atomic E-state index is 0.258. The highest BCUT2D eigenvalue weighted by atomic mass is 19.1. The molecule has 0 spiro atoms. The standard InChI is InChI=1S/C15H20FN3/c1-4-10(3)19(5-2)15-12(16)9-13(17)11-7-6-8-18-14(11)15/h6-10H,4-5,17H2,1-3H3. The Bertz CT molecular complexity index is 583. The van der Waals surface area contributed by atoms with Crippen LogP contribution in [0.2, 0.25) is 0 Å². The SMILES string of the molecule is CCC(C)N(CC)c1c(F)cc(N)c2cccnc12. The highest BCUT2D eigenvalue weighted by Crippen LogP contribution is 2.33. The van der Waals surface area contributed by atoms with Gasteiger partial charge in [-0.15, -0.1) is 0 Å². The van der Waals surface area contributed by atoms with Gasteiger partial charge in [-0.25, -0.2) is 4.39 Å². The van der Waals surface area contributed by atoms with Gasteiger partial charge in [0.05, 0.1) is 5.52 Å². The third-order valence-electron chi connectivity index (χ3n) is 3.60. The first kappa shape index (κ1) is 13.6. The molecule has 3 nitrogen and oxygen atoms in total. The summed E-state index contributed by atoms with van der Waals surface area (Å²) >= 11 is 0. The van der Waals surface area contributed by atoms with Crippen molar-refractivity contribution in [2.24, 2.45) is 0 Å². The molecule has 102 valence electrons. The molecule has 2 aromatic rings. The Morgan fingerprint density at radius 3 is 2.79 bits per heavy atom. The maximum absolute atomic E-state index is 14.4. The second kappa shape index (κ2) is 5.43. The maximum atomic E-state index is 14.4. The zero-order valence-corrected chi connectivity index (χ0v) is 11.7. The molecule has 0 amide bonds. The Kier molecular flexibility index (Phi) is 3.88.